The van der Waals surface area contributed by atoms with E-state index in [1.54, 1.807) is 14.1 Å². The summed E-state index contributed by atoms with van der Waals surface area (Å²) in [6.45, 7) is 2.01. The number of carbonyl (C=O) groups is 1. The summed E-state index contributed by atoms with van der Waals surface area (Å²) < 4.78 is 0. The van der Waals surface area contributed by atoms with Gasteiger partial charge in [-0.2, -0.15) is 0 Å². The topological polar surface area (TPSA) is 61.0 Å². The molecular formula is C11H14N4O. The largest absolute Gasteiger partial charge is 0.331 e. The first kappa shape index (κ1) is 10.5. The van der Waals surface area contributed by atoms with Crippen LogP contribution in [0.25, 0.3) is 11.0 Å². The molecule has 0 bridgehead atoms. The molecule has 2 aromatic rings. The molecule has 0 spiro atoms. The van der Waals surface area contributed by atoms with Gasteiger partial charge in [0.1, 0.15) is 0 Å². The lowest BCUT2D eigenvalue weighted by Crippen LogP contribution is -2.27. The summed E-state index contributed by atoms with van der Waals surface area (Å²) >= 11 is 0. The number of benzene rings is 1. The number of fused-ring (bicyclic) bond motifs is 1. The fraction of sp³-hybridized carbons (Fsp3) is 0.273. The van der Waals surface area contributed by atoms with Crippen molar-refractivity contribution >= 4 is 23.0 Å². The molecule has 1 aromatic carbocycles. The smallest absolute Gasteiger partial charge is 0.323 e. The molecule has 0 aliphatic rings. The molecule has 0 radical (unpaired) electrons. The van der Waals surface area contributed by atoms with Crippen LogP contribution in [0.15, 0.2) is 18.2 Å². The lowest BCUT2D eigenvalue weighted by Gasteiger charge is -2.09. The normalized spacial score (nSPS) is 10.4. The van der Waals surface area contributed by atoms with Gasteiger partial charge >= 0.3 is 6.03 Å². The summed E-state index contributed by atoms with van der Waals surface area (Å²) in [4.78, 5) is 20.2. The number of H-pyrrole nitrogens is 1. The van der Waals surface area contributed by atoms with Gasteiger partial charge in [0.2, 0.25) is 5.95 Å². The van der Waals surface area contributed by atoms with E-state index in [0.717, 1.165) is 16.6 Å². The van der Waals surface area contributed by atoms with Gasteiger partial charge in [-0.25, -0.2) is 9.78 Å². The Balaban J connectivity index is 2.29. The van der Waals surface area contributed by atoms with Crippen LogP contribution >= 0.6 is 0 Å². The van der Waals surface area contributed by atoms with Gasteiger partial charge in [-0.1, -0.05) is 6.07 Å². The van der Waals surface area contributed by atoms with Crippen molar-refractivity contribution in [3.8, 4) is 0 Å². The number of aryl methyl sites for hydroxylation is 1. The maximum Gasteiger partial charge on any atom is 0.323 e. The maximum absolute atomic E-state index is 11.4. The van der Waals surface area contributed by atoms with Crippen molar-refractivity contribution in [2.24, 2.45) is 0 Å². The van der Waals surface area contributed by atoms with Gasteiger partial charge in [-0.05, 0) is 24.6 Å². The highest BCUT2D eigenvalue weighted by Gasteiger charge is 2.07. The van der Waals surface area contributed by atoms with Crippen LogP contribution in [0.1, 0.15) is 5.56 Å². The minimum absolute atomic E-state index is 0.198. The number of nitrogens with one attached hydrogen (secondary N) is 2. The van der Waals surface area contributed by atoms with E-state index in [0.29, 0.717) is 5.95 Å². The highest BCUT2D eigenvalue weighted by atomic mass is 16.2. The number of imidazole rings is 1. The van der Waals surface area contributed by atoms with Gasteiger partial charge in [0.15, 0.2) is 0 Å². The van der Waals surface area contributed by atoms with E-state index in [2.05, 4.69) is 15.3 Å². The molecule has 0 saturated carbocycles. The Labute approximate surface area is 93.5 Å². The van der Waals surface area contributed by atoms with E-state index < -0.39 is 0 Å². The fourth-order valence-corrected chi connectivity index (χ4v) is 1.40. The zero-order valence-electron chi connectivity index (χ0n) is 9.53. The van der Waals surface area contributed by atoms with E-state index >= 15 is 0 Å². The predicted octanol–water partition coefficient (Wildman–Crippen LogP) is 1.96. The fourth-order valence-electron chi connectivity index (χ4n) is 1.40. The van der Waals surface area contributed by atoms with Crippen molar-refractivity contribution in [3.63, 3.8) is 0 Å². The van der Waals surface area contributed by atoms with Gasteiger partial charge in [0.25, 0.3) is 0 Å². The summed E-state index contributed by atoms with van der Waals surface area (Å²) in [6, 6.07) is 5.71. The monoisotopic (exact) mass is 218 g/mol. The minimum atomic E-state index is -0.198. The van der Waals surface area contributed by atoms with Crippen molar-refractivity contribution in [3.05, 3.63) is 23.8 Å². The molecule has 0 aliphatic heterocycles. The predicted molar refractivity (Wildman–Crippen MR) is 63.5 cm³/mol. The maximum atomic E-state index is 11.4. The molecule has 0 aliphatic carbocycles. The van der Waals surface area contributed by atoms with Crippen molar-refractivity contribution in [2.45, 2.75) is 6.92 Å². The first-order chi connectivity index (χ1) is 7.56. The summed E-state index contributed by atoms with van der Waals surface area (Å²) in [7, 11) is 3.37. The van der Waals surface area contributed by atoms with Crippen LogP contribution in [-0.2, 0) is 0 Å². The molecule has 16 heavy (non-hydrogen) atoms. The number of carbonyl (C=O) groups excluding carboxylic acids is 1. The highest BCUT2D eigenvalue weighted by molar-refractivity contribution is 5.89. The van der Waals surface area contributed by atoms with Crippen LogP contribution in [0.2, 0.25) is 0 Å². The zero-order chi connectivity index (χ0) is 11.7. The minimum Gasteiger partial charge on any atom is -0.331 e. The number of hydrogen-bond acceptors (Lipinski definition) is 2. The van der Waals surface area contributed by atoms with E-state index in [1.165, 1.54) is 4.90 Å². The summed E-state index contributed by atoms with van der Waals surface area (Å²) in [5, 5.41) is 2.67. The molecule has 1 aromatic heterocycles. The Morgan fingerprint density at radius 1 is 1.44 bits per heavy atom. The lowest BCUT2D eigenvalue weighted by atomic mass is 10.2. The Hall–Kier alpha value is -2.04. The van der Waals surface area contributed by atoms with Crippen LogP contribution < -0.4 is 5.32 Å². The summed E-state index contributed by atoms with van der Waals surface area (Å²) in [5.41, 5.74) is 2.93. The molecule has 0 saturated heterocycles. The van der Waals surface area contributed by atoms with Crippen LogP contribution in [-0.4, -0.2) is 35.0 Å². The van der Waals surface area contributed by atoms with E-state index in [4.69, 9.17) is 0 Å². The Morgan fingerprint density at radius 2 is 2.19 bits per heavy atom. The molecule has 1 heterocycles. The van der Waals surface area contributed by atoms with E-state index in [-0.39, 0.29) is 6.03 Å². The number of aromatic nitrogens is 2. The Morgan fingerprint density at radius 3 is 2.88 bits per heavy atom. The third kappa shape index (κ3) is 1.98. The quantitative estimate of drug-likeness (QED) is 0.768. The van der Waals surface area contributed by atoms with Crippen molar-refractivity contribution < 1.29 is 4.79 Å². The number of hydrogen-bond donors (Lipinski definition) is 2. The molecule has 5 heteroatoms. The lowest BCUT2D eigenvalue weighted by molar-refractivity contribution is 0.230. The van der Waals surface area contributed by atoms with E-state index in [9.17, 15) is 4.79 Å². The van der Waals surface area contributed by atoms with Gasteiger partial charge in [-0.3, -0.25) is 5.32 Å². The third-order valence-corrected chi connectivity index (χ3v) is 2.27. The second kappa shape index (κ2) is 3.84. The second-order valence-corrected chi connectivity index (χ2v) is 3.93. The van der Waals surface area contributed by atoms with Crippen molar-refractivity contribution in [1.29, 1.82) is 0 Å². The summed E-state index contributed by atoms with van der Waals surface area (Å²) in [6.07, 6.45) is 0. The number of anilines is 1. The van der Waals surface area contributed by atoms with Gasteiger partial charge in [-0.15, -0.1) is 0 Å². The van der Waals surface area contributed by atoms with Crippen LogP contribution in [0.4, 0.5) is 10.7 Å². The Kier molecular flexibility index (Phi) is 2.52. The van der Waals surface area contributed by atoms with Crippen molar-refractivity contribution in [1.82, 2.24) is 14.9 Å². The average molecular weight is 218 g/mol. The number of aromatic amines is 1. The van der Waals surface area contributed by atoms with Gasteiger partial charge in [0, 0.05) is 14.1 Å². The van der Waals surface area contributed by atoms with Crippen LogP contribution in [0, 0.1) is 6.92 Å². The molecule has 2 rings (SSSR count). The molecule has 5 nitrogen and oxygen atoms in total. The summed E-state index contributed by atoms with van der Waals surface area (Å²) in [5.74, 6) is 0.472. The molecule has 0 fully saturated rings. The standard InChI is InChI=1S/C11H14N4O/c1-7-4-5-8-9(6-7)13-10(12-8)14-11(16)15(2)3/h4-6H,1-3H3,(H2,12,13,14,16). The second-order valence-electron chi connectivity index (χ2n) is 3.93. The first-order valence-corrected chi connectivity index (χ1v) is 5.01. The van der Waals surface area contributed by atoms with Crippen molar-refractivity contribution in [2.75, 3.05) is 19.4 Å². The average Bonchev–Trinajstić information content (AvgIpc) is 2.58. The highest BCUT2D eigenvalue weighted by Crippen LogP contribution is 2.15. The number of nitrogens with zero attached hydrogens (tertiary/aromatic N) is 2. The third-order valence-electron chi connectivity index (χ3n) is 2.27. The molecule has 84 valence electrons. The van der Waals surface area contributed by atoms with Crippen LogP contribution in [0.5, 0.6) is 0 Å². The molecule has 2 amide bonds. The number of urea groups is 1. The van der Waals surface area contributed by atoms with E-state index in [1.807, 2.05) is 25.1 Å². The number of amides is 2. The Bertz CT molecular complexity index is 530. The zero-order valence-corrected chi connectivity index (χ0v) is 9.53. The van der Waals surface area contributed by atoms with Gasteiger partial charge in [0.05, 0.1) is 11.0 Å². The molecular weight excluding hydrogens is 204 g/mol. The van der Waals surface area contributed by atoms with Crippen LogP contribution in [0.3, 0.4) is 0 Å². The first-order valence-electron chi connectivity index (χ1n) is 5.01. The number of rotatable bonds is 1. The molecule has 0 unspecified atom stereocenters. The van der Waals surface area contributed by atoms with Gasteiger partial charge < -0.3 is 9.88 Å². The SMILES string of the molecule is Cc1ccc2nc(NC(=O)N(C)C)[nH]c2c1. The molecule has 2 N–H and O–H groups in total. The molecule has 0 atom stereocenters.